The fraction of sp³-hybridized carbons (Fsp3) is 0.150. The topological polar surface area (TPSA) is 66.5 Å². The van der Waals surface area contributed by atoms with E-state index in [4.69, 9.17) is 23.2 Å². The molecule has 0 fully saturated rings. The third kappa shape index (κ3) is 4.28. The summed E-state index contributed by atoms with van der Waals surface area (Å²) in [6, 6.07) is 15.8. The molecule has 0 spiro atoms. The largest absolute Gasteiger partial charge is 0.334 e. The first-order valence-electron chi connectivity index (χ1n) is 8.77. The van der Waals surface area contributed by atoms with Crippen molar-refractivity contribution in [2.45, 2.75) is 17.9 Å². The number of benzene rings is 2. The smallest absolute Gasteiger partial charge is 0.264 e. The van der Waals surface area contributed by atoms with Crippen molar-refractivity contribution in [2.75, 3.05) is 11.3 Å². The normalized spacial score (nSPS) is 13.8. The average Bonchev–Trinajstić information content (AvgIpc) is 3.06. The average molecular weight is 467 g/mol. The van der Waals surface area contributed by atoms with Gasteiger partial charge in [-0.15, -0.1) is 11.3 Å². The molecule has 29 heavy (non-hydrogen) atoms. The van der Waals surface area contributed by atoms with E-state index < -0.39 is 10.0 Å². The van der Waals surface area contributed by atoms with Gasteiger partial charge in [-0.05, 0) is 47.9 Å². The van der Waals surface area contributed by atoms with E-state index in [1.165, 1.54) is 11.6 Å². The van der Waals surface area contributed by atoms with Gasteiger partial charge in [0.2, 0.25) is 0 Å². The van der Waals surface area contributed by atoms with Crippen LogP contribution in [0.4, 0.5) is 5.69 Å². The maximum absolute atomic E-state index is 12.8. The SMILES string of the molecule is O=C(c1ccc(NS(=O)(=O)c2cc(Cl)sc2Cl)cc1)N1CCc2ccccc2C1. The van der Waals surface area contributed by atoms with E-state index in [0.29, 0.717) is 28.7 Å². The van der Waals surface area contributed by atoms with Gasteiger partial charge in [-0.3, -0.25) is 9.52 Å². The maximum atomic E-state index is 12.8. The number of hydrogen-bond acceptors (Lipinski definition) is 4. The van der Waals surface area contributed by atoms with Crippen LogP contribution >= 0.6 is 34.5 Å². The summed E-state index contributed by atoms with van der Waals surface area (Å²) in [5.41, 5.74) is 3.27. The molecular formula is C20H16Cl2N2O3S2. The predicted molar refractivity (Wildman–Crippen MR) is 116 cm³/mol. The van der Waals surface area contributed by atoms with Crippen LogP contribution in [0.15, 0.2) is 59.5 Å². The summed E-state index contributed by atoms with van der Waals surface area (Å²) >= 11 is 12.8. The number of amides is 1. The van der Waals surface area contributed by atoms with E-state index in [1.54, 1.807) is 29.2 Å². The molecule has 1 aliphatic rings. The van der Waals surface area contributed by atoms with Crippen molar-refractivity contribution in [3.8, 4) is 0 Å². The lowest BCUT2D eigenvalue weighted by atomic mass is 9.99. The molecule has 0 bridgehead atoms. The van der Waals surface area contributed by atoms with Crippen molar-refractivity contribution in [1.29, 1.82) is 0 Å². The van der Waals surface area contributed by atoms with Crippen LogP contribution in [0.1, 0.15) is 21.5 Å². The molecule has 9 heteroatoms. The summed E-state index contributed by atoms with van der Waals surface area (Å²) in [6.45, 7) is 1.22. The zero-order valence-corrected chi connectivity index (χ0v) is 18.2. The minimum atomic E-state index is -3.86. The quantitative estimate of drug-likeness (QED) is 0.584. The minimum Gasteiger partial charge on any atom is -0.334 e. The second-order valence-corrected chi connectivity index (χ2v) is 10.6. The lowest BCUT2D eigenvalue weighted by Crippen LogP contribution is -2.35. The van der Waals surface area contributed by atoms with Crippen molar-refractivity contribution in [2.24, 2.45) is 0 Å². The summed E-state index contributed by atoms with van der Waals surface area (Å²) in [5, 5.41) is 0. The number of fused-ring (bicyclic) bond motifs is 1. The second-order valence-electron chi connectivity index (χ2n) is 6.62. The molecule has 1 aliphatic heterocycles. The monoisotopic (exact) mass is 466 g/mol. The number of nitrogens with one attached hydrogen (secondary N) is 1. The van der Waals surface area contributed by atoms with Gasteiger partial charge in [-0.25, -0.2) is 8.42 Å². The highest BCUT2D eigenvalue weighted by molar-refractivity contribution is 7.93. The van der Waals surface area contributed by atoms with E-state index in [-0.39, 0.29) is 15.1 Å². The van der Waals surface area contributed by atoms with Gasteiger partial charge in [0, 0.05) is 24.3 Å². The highest BCUT2D eigenvalue weighted by Crippen LogP contribution is 2.35. The fourth-order valence-corrected chi connectivity index (χ4v) is 6.46. The molecular weight excluding hydrogens is 451 g/mol. The highest BCUT2D eigenvalue weighted by atomic mass is 35.5. The van der Waals surface area contributed by atoms with Crippen LogP contribution < -0.4 is 4.72 Å². The molecule has 0 unspecified atom stereocenters. The van der Waals surface area contributed by atoms with E-state index >= 15 is 0 Å². The number of rotatable bonds is 4. The molecule has 5 nitrogen and oxygen atoms in total. The molecule has 0 atom stereocenters. The van der Waals surface area contributed by atoms with Crippen LogP contribution in [0.5, 0.6) is 0 Å². The number of halogens is 2. The summed E-state index contributed by atoms with van der Waals surface area (Å²) < 4.78 is 27.8. The first-order valence-corrected chi connectivity index (χ1v) is 11.8. The Morgan fingerprint density at radius 3 is 2.38 bits per heavy atom. The Morgan fingerprint density at radius 1 is 1.03 bits per heavy atom. The third-order valence-corrected chi connectivity index (χ3v) is 7.85. The van der Waals surface area contributed by atoms with Crippen LogP contribution in [0.25, 0.3) is 0 Å². The lowest BCUT2D eigenvalue weighted by molar-refractivity contribution is 0.0734. The Bertz CT molecular complexity index is 1170. The van der Waals surface area contributed by atoms with Gasteiger partial charge in [0.25, 0.3) is 15.9 Å². The van der Waals surface area contributed by atoms with Gasteiger partial charge in [0.15, 0.2) is 0 Å². The number of nitrogens with zero attached hydrogens (tertiary/aromatic N) is 1. The van der Waals surface area contributed by atoms with Crippen LogP contribution in [0, 0.1) is 0 Å². The first kappa shape index (κ1) is 20.2. The molecule has 2 heterocycles. The Hall–Kier alpha value is -2.06. The molecule has 0 saturated carbocycles. The van der Waals surface area contributed by atoms with Gasteiger partial charge in [0.05, 0.1) is 4.34 Å². The Labute approximate surface area is 182 Å². The van der Waals surface area contributed by atoms with E-state index in [0.717, 1.165) is 23.3 Å². The minimum absolute atomic E-state index is 0.0682. The van der Waals surface area contributed by atoms with Crippen LogP contribution in [0.2, 0.25) is 8.67 Å². The molecule has 1 N–H and O–H groups in total. The molecule has 2 aromatic carbocycles. The zero-order chi connectivity index (χ0) is 20.6. The summed E-state index contributed by atoms with van der Waals surface area (Å²) in [5.74, 6) is -0.0819. The number of anilines is 1. The van der Waals surface area contributed by atoms with Gasteiger partial charge < -0.3 is 4.90 Å². The standard InChI is InChI=1S/C20H16Cl2N2O3S2/c21-18-11-17(19(22)28-18)29(26,27)23-16-7-5-14(6-8-16)20(25)24-10-9-13-3-1-2-4-15(13)12-24/h1-8,11,23H,9-10,12H2. The first-order chi connectivity index (χ1) is 13.8. The second kappa shape index (κ2) is 7.99. The van der Waals surface area contributed by atoms with Crippen molar-refractivity contribution >= 4 is 56.2 Å². The Balaban J connectivity index is 1.48. The van der Waals surface area contributed by atoms with E-state index in [1.807, 2.05) is 18.2 Å². The van der Waals surface area contributed by atoms with Crippen molar-refractivity contribution in [3.63, 3.8) is 0 Å². The molecule has 0 radical (unpaired) electrons. The molecule has 0 aliphatic carbocycles. The summed E-state index contributed by atoms with van der Waals surface area (Å²) in [4.78, 5) is 14.6. The predicted octanol–water partition coefficient (Wildman–Crippen LogP) is 5.05. The molecule has 0 saturated heterocycles. The third-order valence-electron chi connectivity index (χ3n) is 4.72. The van der Waals surface area contributed by atoms with Crippen molar-refractivity contribution < 1.29 is 13.2 Å². The Morgan fingerprint density at radius 2 is 1.72 bits per heavy atom. The van der Waals surface area contributed by atoms with Crippen LogP contribution in [0.3, 0.4) is 0 Å². The highest BCUT2D eigenvalue weighted by Gasteiger charge is 2.23. The van der Waals surface area contributed by atoms with E-state index in [2.05, 4.69) is 10.8 Å². The summed E-state index contributed by atoms with van der Waals surface area (Å²) in [6.07, 6.45) is 0.823. The van der Waals surface area contributed by atoms with Gasteiger partial charge in [-0.1, -0.05) is 47.5 Å². The van der Waals surface area contributed by atoms with Gasteiger partial charge >= 0.3 is 0 Å². The molecule has 1 aromatic heterocycles. The lowest BCUT2D eigenvalue weighted by Gasteiger charge is -2.29. The molecule has 3 aromatic rings. The van der Waals surface area contributed by atoms with E-state index in [9.17, 15) is 13.2 Å². The Kier molecular flexibility index (Phi) is 5.57. The number of carbonyl (C=O) groups excluding carboxylic acids is 1. The van der Waals surface area contributed by atoms with Gasteiger partial charge in [0.1, 0.15) is 9.23 Å². The number of carbonyl (C=O) groups is 1. The maximum Gasteiger partial charge on any atom is 0.264 e. The molecule has 150 valence electrons. The zero-order valence-electron chi connectivity index (χ0n) is 15.1. The number of thiophene rings is 1. The van der Waals surface area contributed by atoms with Crippen molar-refractivity contribution in [1.82, 2.24) is 4.90 Å². The van der Waals surface area contributed by atoms with Crippen LogP contribution in [-0.2, 0) is 23.0 Å². The van der Waals surface area contributed by atoms with Crippen molar-refractivity contribution in [3.05, 3.63) is 80.0 Å². The number of hydrogen-bond donors (Lipinski definition) is 1. The number of sulfonamides is 1. The summed E-state index contributed by atoms with van der Waals surface area (Å²) in [7, 11) is -3.86. The fourth-order valence-electron chi connectivity index (χ4n) is 3.25. The van der Waals surface area contributed by atoms with Crippen LogP contribution in [-0.4, -0.2) is 25.8 Å². The molecule has 1 amide bonds. The molecule has 4 rings (SSSR count). The van der Waals surface area contributed by atoms with Gasteiger partial charge in [-0.2, -0.15) is 0 Å².